The van der Waals surface area contributed by atoms with Gasteiger partial charge in [-0.3, -0.25) is 4.98 Å². The molecule has 1 amide bonds. The van der Waals surface area contributed by atoms with Crippen LogP contribution in [-0.4, -0.2) is 41.2 Å². The van der Waals surface area contributed by atoms with Crippen molar-refractivity contribution in [3.8, 4) is 0 Å². The molecule has 2 rings (SSSR count). The monoisotopic (exact) mass is 280 g/mol. The van der Waals surface area contributed by atoms with Crippen molar-refractivity contribution >= 4 is 6.09 Å². The Morgan fingerprint density at radius 2 is 2.35 bits per heavy atom. The zero-order valence-corrected chi connectivity index (χ0v) is 12.3. The average molecular weight is 280 g/mol. The predicted molar refractivity (Wildman–Crippen MR) is 75.5 cm³/mol. The first-order chi connectivity index (χ1) is 10.1. The second kappa shape index (κ2) is 5.79. The number of hydrogen-bond donors (Lipinski definition) is 0. The van der Waals surface area contributed by atoms with Crippen molar-refractivity contribution < 1.29 is 17.0 Å². The number of aryl methyl sites for hydroxylation is 1. The molecule has 0 saturated carbocycles. The lowest BCUT2D eigenvalue weighted by Gasteiger charge is -2.34. The van der Waals surface area contributed by atoms with E-state index in [1.165, 1.54) is 0 Å². The zero-order chi connectivity index (χ0) is 16.5. The van der Waals surface area contributed by atoms with Crippen LogP contribution in [0.3, 0.4) is 0 Å². The molecule has 2 heterocycles. The number of carbonyl (C=O) groups is 1. The minimum Gasteiger partial charge on any atom is -0.444 e. The number of rotatable bonds is 1. The highest BCUT2D eigenvalue weighted by molar-refractivity contribution is 5.68. The molecule has 0 unspecified atom stereocenters. The quantitative estimate of drug-likeness (QED) is 0.793. The molecule has 5 heteroatoms. The number of morpholine rings is 1. The van der Waals surface area contributed by atoms with Crippen molar-refractivity contribution in [2.45, 2.75) is 39.4 Å². The molecule has 1 atom stereocenters. The Bertz CT molecular complexity index is 558. The van der Waals surface area contributed by atoms with Gasteiger partial charge in [0.15, 0.2) is 0 Å². The maximum Gasteiger partial charge on any atom is 0.410 e. The summed E-state index contributed by atoms with van der Waals surface area (Å²) in [5, 5.41) is 0. The molecular formula is C15H22N2O3. The van der Waals surface area contributed by atoms with Crippen LogP contribution >= 0.6 is 0 Å². The number of nitrogens with zero attached hydrogens (tertiary/aromatic N) is 2. The van der Waals surface area contributed by atoms with Gasteiger partial charge in [0.25, 0.3) is 0 Å². The van der Waals surface area contributed by atoms with Gasteiger partial charge in [0.05, 0.1) is 21.6 Å². The standard InChI is InChI=1S/C15H22N2O3/c1-11-5-6-16-12(9-11)13-10-17(7-8-19-13)14(18)20-15(2,3)4/h5-6,9,13H,7-8,10H2,1-4H3/t13-/m0/s1/i7D2. The van der Waals surface area contributed by atoms with Gasteiger partial charge in [0.1, 0.15) is 11.7 Å². The van der Waals surface area contributed by atoms with Gasteiger partial charge in [-0.2, -0.15) is 0 Å². The van der Waals surface area contributed by atoms with Crippen molar-refractivity contribution in [3.05, 3.63) is 29.6 Å². The van der Waals surface area contributed by atoms with Crippen LogP contribution in [0.1, 0.15) is 40.9 Å². The molecule has 1 fully saturated rings. The van der Waals surface area contributed by atoms with Gasteiger partial charge >= 0.3 is 6.09 Å². The highest BCUT2D eigenvalue weighted by atomic mass is 16.6. The van der Waals surface area contributed by atoms with Gasteiger partial charge in [-0.15, -0.1) is 0 Å². The van der Waals surface area contributed by atoms with Crippen LogP contribution in [0.4, 0.5) is 4.79 Å². The normalized spacial score (nSPS) is 23.8. The SMILES string of the molecule is [2H]C1([2H])CO[C@H](c2cc(C)ccn2)CN1C(=O)OC(C)(C)C. The Morgan fingerprint density at radius 3 is 3.00 bits per heavy atom. The maximum absolute atomic E-state index is 12.3. The summed E-state index contributed by atoms with van der Waals surface area (Å²) in [6.07, 6.45) is 0.532. The van der Waals surface area contributed by atoms with Crippen LogP contribution in [0, 0.1) is 6.92 Å². The Morgan fingerprint density at radius 1 is 1.60 bits per heavy atom. The van der Waals surface area contributed by atoms with Crippen LogP contribution in [0.15, 0.2) is 18.3 Å². The molecular weight excluding hydrogens is 256 g/mol. The van der Waals surface area contributed by atoms with Gasteiger partial charge in [0.2, 0.25) is 0 Å². The van der Waals surface area contributed by atoms with Gasteiger partial charge < -0.3 is 14.4 Å². The van der Waals surface area contributed by atoms with Crippen molar-refractivity contribution in [3.63, 3.8) is 0 Å². The number of hydrogen-bond acceptors (Lipinski definition) is 4. The Labute approximate surface area is 122 Å². The van der Waals surface area contributed by atoms with Gasteiger partial charge in [-0.05, 0) is 45.4 Å². The lowest BCUT2D eigenvalue weighted by molar-refractivity contribution is -0.0447. The third-order valence-electron chi connectivity index (χ3n) is 2.77. The average Bonchev–Trinajstić information content (AvgIpc) is 2.36. The molecule has 1 aromatic rings. The number of carbonyl (C=O) groups excluding carboxylic acids is 1. The molecule has 0 spiro atoms. The summed E-state index contributed by atoms with van der Waals surface area (Å²) >= 11 is 0. The molecule has 0 aliphatic carbocycles. The molecule has 0 bridgehead atoms. The summed E-state index contributed by atoms with van der Waals surface area (Å²) in [5.74, 6) is 0. The maximum atomic E-state index is 12.3. The fraction of sp³-hybridized carbons (Fsp3) is 0.600. The predicted octanol–water partition coefficient (Wildman–Crippen LogP) is 2.70. The van der Waals surface area contributed by atoms with E-state index in [4.69, 9.17) is 12.2 Å². The number of ether oxygens (including phenoxy) is 2. The smallest absolute Gasteiger partial charge is 0.410 e. The highest BCUT2D eigenvalue weighted by Crippen LogP contribution is 2.22. The molecule has 0 aromatic carbocycles. The van der Waals surface area contributed by atoms with E-state index in [1.807, 2.05) is 19.1 Å². The first-order valence-corrected chi connectivity index (χ1v) is 6.63. The molecule has 5 nitrogen and oxygen atoms in total. The molecule has 1 saturated heterocycles. The Hall–Kier alpha value is -1.62. The van der Waals surface area contributed by atoms with E-state index in [2.05, 4.69) is 4.98 Å². The summed E-state index contributed by atoms with van der Waals surface area (Å²) in [5.41, 5.74) is 1.04. The summed E-state index contributed by atoms with van der Waals surface area (Å²) < 4.78 is 26.8. The van der Waals surface area contributed by atoms with E-state index in [0.717, 1.165) is 10.5 Å². The van der Waals surface area contributed by atoms with Crippen LogP contribution in [0.5, 0.6) is 0 Å². The first kappa shape index (κ1) is 12.1. The minimum absolute atomic E-state index is 0.0678. The number of pyridine rings is 1. The lowest BCUT2D eigenvalue weighted by Crippen LogP contribution is -2.44. The second-order valence-electron chi connectivity index (χ2n) is 5.81. The molecule has 0 N–H and O–H groups in total. The van der Waals surface area contributed by atoms with Gasteiger partial charge in [-0.1, -0.05) is 0 Å². The van der Waals surface area contributed by atoms with Crippen molar-refractivity contribution in [1.29, 1.82) is 0 Å². The summed E-state index contributed by atoms with van der Waals surface area (Å²) in [7, 11) is 0. The first-order valence-electron chi connectivity index (χ1n) is 7.63. The summed E-state index contributed by atoms with van der Waals surface area (Å²) in [4.78, 5) is 17.6. The van der Waals surface area contributed by atoms with Crippen molar-refractivity contribution in [2.75, 3.05) is 19.6 Å². The van der Waals surface area contributed by atoms with E-state index in [1.54, 1.807) is 27.0 Å². The molecule has 20 heavy (non-hydrogen) atoms. The van der Waals surface area contributed by atoms with E-state index in [9.17, 15) is 4.79 Å². The van der Waals surface area contributed by atoms with E-state index in [0.29, 0.717) is 5.69 Å². The lowest BCUT2D eigenvalue weighted by atomic mass is 10.1. The van der Waals surface area contributed by atoms with Crippen LogP contribution in [0.2, 0.25) is 0 Å². The van der Waals surface area contributed by atoms with Crippen LogP contribution < -0.4 is 0 Å². The summed E-state index contributed by atoms with van der Waals surface area (Å²) in [6.45, 7) is 5.15. The molecule has 1 aromatic heterocycles. The second-order valence-corrected chi connectivity index (χ2v) is 5.81. The van der Waals surface area contributed by atoms with E-state index >= 15 is 0 Å². The number of amides is 1. The fourth-order valence-electron chi connectivity index (χ4n) is 1.87. The zero-order valence-electron chi connectivity index (χ0n) is 14.3. The molecule has 0 radical (unpaired) electrons. The molecule has 1 aliphatic rings. The molecule has 1 aliphatic heterocycles. The van der Waals surface area contributed by atoms with Crippen molar-refractivity contribution in [2.24, 2.45) is 0 Å². The highest BCUT2D eigenvalue weighted by Gasteiger charge is 2.29. The van der Waals surface area contributed by atoms with E-state index < -0.39 is 24.3 Å². The van der Waals surface area contributed by atoms with E-state index in [-0.39, 0.29) is 13.2 Å². The molecule has 110 valence electrons. The largest absolute Gasteiger partial charge is 0.444 e. The van der Waals surface area contributed by atoms with Crippen LogP contribution in [0.25, 0.3) is 0 Å². The fourth-order valence-corrected chi connectivity index (χ4v) is 1.87. The third kappa shape index (κ3) is 3.93. The Kier molecular flexibility index (Phi) is 3.52. The Balaban J connectivity index is 2.18. The van der Waals surface area contributed by atoms with Gasteiger partial charge in [0, 0.05) is 12.7 Å². The van der Waals surface area contributed by atoms with Crippen LogP contribution in [-0.2, 0) is 9.47 Å². The topological polar surface area (TPSA) is 51.7 Å². The third-order valence-corrected chi connectivity index (χ3v) is 2.77. The number of aromatic nitrogens is 1. The van der Waals surface area contributed by atoms with Crippen molar-refractivity contribution in [1.82, 2.24) is 9.88 Å². The minimum atomic E-state index is -1.90. The van der Waals surface area contributed by atoms with Gasteiger partial charge in [-0.25, -0.2) is 4.79 Å². The summed E-state index contributed by atoms with van der Waals surface area (Å²) in [6, 6.07) is 3.75.